The summed E-state index contributed by atoms with van der Waals surface area (Å²) in [6.07, 6.45) is -31.1. The van der Waals surface area contributed by atoms with Gasteiger partial charge in [0.25, 0.3) is 0 Å². The van der Waals surface area contributed by atoms with Gasteiger partial charge in [0.15, 0.2) is 25.2 Å². The van der Waals surface area contributed by atoms with Crippen molar-refractivity contribution in [3.63, 3.8) is 0 Å². The molecule has 4 saturated heterocycles. The van der Waals surface area contributed by atoms with Crippen LogP contribution >= 0.6 is 0 Å². The summed E-state index contributed by atoms with van der Waals surface area (Å²) in [4.78, 5) is 17.8. The SMILES string of the molecule is CC(=O)[O-].CC(=O)[O-].OC[C@H]1O[C@@H](O[C@H]2[C@H](O)[C@@H](O)[C@@H](O)O[C@@H]2CO)[C@H](O)[C@@H](O)[C@H]1O.OC[C@H]1O[C@@H](O[C@H]2[C@H](O)[C@@H](O)[C@@H](O)O[C@@H]2CO)[C@H](O)[C@@H](O)[C@H]1O.[Ca+2]. The largest absolute Gasteiger partial charge is 2.00 e. The number of carbonyl (C=O) groups excluding carboxylic acids is 2. The number of aliphatic hydroxyl groups excluding tert-OH is 16. The standard InChI is InChI=1S/2C12H22O11.2C2H4O2.Ca/c2*13-1-3-5(15)6(16)9(19)12(22-3)23-10-4(2-14)21-11(20)8(18)7(10)17;2*1-2(3)4;/h2*3-20H,1-2H2;2*1H3,(H,3,4);/q;;;;+2/p-2/t2*3-,4-,5+,6+,7-,8-,9-,10-,11+,12+;;;/m11.../s1. The van der Waals surface area contributed by atoms with Gasteiger partial charge < -0.3 is 130 Å². The van der Waals surface area contributed by atoms with Crippen LogP contribution in [0.4, 0.5) is 0 Å². The summed E-state index contributed by atoms with van der Waals surface area (Å²) in [6, 6.07) is 0. The van der Waals surface area contributed by atoms with E-state index in [0.717, 1.165) is 13.8 Å². The predicted molar refractivity (Wildman–Crippen MR) is 164 cm³/mol. The zero-order valence-corrected chi connectivity index (χ0v) is 31.5. The summed E-state index contributed by atoms with van der Waals surface area (Å²) in [5, 5.41) is 171. The summed E-state index contributed by atoms with van der Waals surface area (Å²) < 4.78 is 30.5. The number of aliphatic hydroxyl groups is 16. The van der Waals surface area contributed by atoms with Crippen LogP contribution in [0, 0.1) is 0 Å². The minimum atomic E-state index is -1.74. The Labute approximate surface area is 341 Å². The van der Waals surface area contributed by atoms with Crippen LogP contribution in [0.15, 0.2) is 0 Å². The summed E-state index contributed by atoms with van der Waals surface area (Å²) in [5.74, 6) is -2.17. The van der Waals surface area contributed by atoms with Crippen LogP contribution in [0.25, 0.3) is 0 Å². The third-order valence-electron chi connectivity index (χ3n) is 7.96. The van der Waals surface area contributed by atoms with Crippen molar-refractivity contribution in [2.45, 2.75) is 137 Å². The normalized spacial score (nSPS) is 44.1. The molecule has 27 heteroatoms. The molecule has 0 bridgehead atoms. The molecule has 0 aromatic carbocycles. The van der Waals surface area contributed by atoms with Gasteiger partial charge in [-0.1, -0.05) is 0 Å². The van der Waals surface area contributed by atoms with Crippen molar-refractivity contribution < 1.29 is 130 Å². The molecule has 55 heavy (non-hydrogen) atoms. The van der Waals surface area contributed by atoms with Crippen LogP contribution in [0.1, 0.15) is 13.8 Å². The van der Waals surface area contributed by atoms with Gasteiger partial charge in [-0.3, -0.25) is 0 Å². The van der Waals surface area contributed by atoms with E-state index in [1.807, 2.05) is 0 Å². The molecule has 16 N–H and O–H groups in total. The van der Waals surface area contributed by atoms with Gasteiger partial charge >= 0.3 is 37.7 Å². The average molecular weight is 843 g/mol. The smallest absolute Gasteiger partial charge is 0.550 e. The molecule has 26 nitrogen and oxygen atoms in total. The van der Waals surface area contributed by atoms with Crippen LogP contribution in [-0.2, 0) is 38.0 Å². The maximum atomic E-state index is 9.94. The topological polar surface area (TPSA) is 459 Å². The number of carbonyl (C=O) groups is 2. The molecule has 0 radical (unpaired) electrons. The Morgan fingerprint density at radius 1 is 0.436 bits per heavy atom. The van der Waals surface area contributed by atoms with Gasteiger partial charge in [0.2, 0.25) is 0 Å². The van der Waals surface area contributed by atoms with E-state index in [9.17, 15) is 71.5 Å². The summed E-state index contributed by atoms with van der Waals surface area (Å²) in [5.41, 5.74) is 0. The first-order valence-electron chi connectivity index (χ1n) is 16.0. The van der Waals surface area contributed by atoms with E-state index in [0.29, 0.717) is 0 Å². The third-order valence-corrected chi connectivity index (χ3v) is 7.96. The molecule has 320 valence electrons. The molecule has 4 aliphatic rings. The monoisotopic (exact) mass is 842 g/mol. The number of ether oxygens (including phenoxy) is 6. The van der Waals surface area contributed by atoms with Gasteiger partial charge in [-0.05, 0) is 13.8 Å². The van der Waals surface area contributed by atoms with Gasteiger partial charge in [-0.25, -0.2) is 0 Å². The van der Waals surface area contributed by atoms with Gasteiger partial charge in [-0.15, -0.1) is 0 Å². The van der Waals surface area contributed by atoms with Gasteiger partial charge in [0, 0.05) is 11.9 Å². The molecule has 0 saturated carbocycles. The van der Waals surface area contributed by atoms with E-state index in [1.54, 1.807) is 0 Å². The van der Waals surface area contributed by atoms with Gasteiger partial charge in [0.1, 0.15) is 97.7 Å². The molecule has 0 aliphatic carbocycles. The molecular weight excluding hydrogens is 792 g/mol. The van der Waals surface area contributed by atoms with Crippen LogP contribution in [0.2, 0.25) is 0 Å². The van der Waals surface area contributed by atoms with Crippen molar-refractivity contribution in [1.29, 1.82) is 0 Å². The van der Waals surface area contributed by atoms with Crippen molar-refractivity contribution >= 4 is 49.7 Å². The number of rotatable bonds is 8. The fourth-order valence-electron chi connectivity index (χ4n) is 5.14. The number of hydrogen-bond acceptors (Lipinski definition) is 26. The van der Waals surface area contributed by atoms with E-state index in [-0.39, 0.29) is 37.7 Å². The fraction of sp³-hybridized carbons (Fsp3) is 0.929. The van der Waals surface area contributed by atoms with E-state index < -0.39 is 161 Å². The third kappa shape index (κ3) is 15.5. The molecule has 4 rings (SSSR count). The zero-order chi connectivity index (χ0) is 41.8. The maximum Gasteiger partial charge on any atom is 2.00 e. The second-order valence-corrected chi connectivity index (χ2v) is 12.0. The first-order chi connectivity index (χ1) is 25.1. The van der Waals surface area contributed by atoms with Gasteiger partial charge in [-0.2, -0.15) is 0 Å². The molecule has 4 fully saturated rings. The fourth-order valence-corrected chi connectivity index (χ4v) is 5.14. The average Bonchev–Trinajstić information content (AvgIpc) is 3.11. The minimum absolute atomic E-state index is 0. The Morgan fingerprint density at radius 3 is 0.927 bits per heavy atom. The van der Waals surface area contributed by atoms with Crippen molar-refractivity contribution in [2.24, 2.45) is 0 Å². The van der Waals surface area contributed by atoms with Crippen molar-refractivity contribution in [3.8, 4) is 0 Å². The summed E-state index contributed by atoms with van der Waals surface area (Å²) in [6.45, 7) is -0.746. The predicted octanol–water partition coefficient (Wildman–Crippen LogP) is -13.7. The van der Waals surface area contributed by atoms with Crippen LogP contribution in [-0.4, -0.2) is 281 Å². The first kappa shape index (κ1) is 54.3. The Hall–Kier alpha value is -0.680. The molecular formula is C28H50CaO26. The summed E-state index contributed by atoms with van der Waals surface area (Å²) >= 11 is 0. The molecule has 0 unspecified atom stereocenters. The second kappa shape index (κ2) is 25.7. The molecule has 0 amide bonds. The van der Waals surface area contributed by atoms with Crippen molar-refractivity contribution in [3.05, 3.63) is 0 Å². The van der Waals surface area contributed by atoms with Crippen molar-refractivity contribution in [1.82, 2.24) is 0 Å². The molecule has 0 aromatic rings. The van der Waals surface area contributed by atoms with E-state index in [1.165, 1.54) is 0 Å². The van der Waals surface area contributed by atoms with Crippen LogP contribution < -0.4 is 10.2 Å². The van der Waals surface area contributed by atoms with E-state index >= 15 is 0 Å². The number of carboxylic acid groups (broad SMARTS) is 2. The minimum Gasteiger partial charge on any atom is -0.550 e. The number of carboxylic acids is 2. The quantitative estimate of drug-likeness (QED) is 0.101. The maximum absolute atomic E-state index is 9.94. The van der Waals surface area contributed by atoms with Crippen LogP contribution in [0.5, 0.6) is 0 Å². The Balaban J connectivity index is 0.000000874. The molecule has 4 aliphatic heterocycles. The number of aliphatic carboxylic acids is 2. The molecule has 20 atom stereocenters. The molecule has 0 aromatic heterocycles. The Bertz CT molecular complexity index is 998. The van der Waals surface area contributed by atoms with Crippen molar-refractivity contribution in [2.75, 3.05) is 26.4 Å². The van der Waals surface area contributed by atoms with E-state index in [4.69, 9.17) is 58.4 Å². The van der Waals surface area contributed by atoms with Gasteiger partial charge in [0.05, 0.1) is 26.4 Å². The molecule has 4 heterocycles. The first-order valence-corrected chi connectivity index (χ1v) is 16.0. The number of hydrogen-bond donors (Lipinski definition) is 16. The zero-order valence-electron chi connectivity index (χ0n) is 29.3. The summed E-state index contributed by atoms with van der Waals surface area (Å²) in [7, 11) is 0. The molecule has 0 spiro atoms. The Kier molecular flexibility index (Phi) is 25.4. The second-order valence-electron chi connectivity index (χ2n) is 12.0. The Morgan fingerprint density at radius 2 is 0.691 bits per heavy atom. The van der Waals surface area contributed by atoms with Crippen LogP contribution in [0.3, 0.4) is 0 Å². The van der Waals surface area contributed by atoms with E-state index in [2.05, 4.69) is 0 Å².